The first kappa shape index (κ1) is 16.3. The number of amides is 1. The van der Waals surface area contributed by atoms with E-state index in [1.165, 1.54) is 11.1 Å². The molecule has 0 aromatic heterocycles. The second-order valence-electron chi connectivity index (χ2n) is 5.55. The molecule has 1 amide bonds. The van der Waals surface area contributed by atoms with Crippen molar-refractivity contribution in [2.45, 2.75) is 11.8 Å². The minimum atomic E-state index is 0.00992. The van der Waals surface area contributed by atoms with Crippen LogP contribution in [-0.2, 0) is 4.79 Å². The molecule has 3 aromatic carbocycles. The molecule has 0 unspecified atom stereocenters. The van der Waals surface area contributed by atoms with Crippen molar-refractivity contribution in [2.75, 3.05) is 11.1 Å². The van der Waals surface area contributed by atoms with Gasteiger partial charge in [0.1, 0.15) is 0 Å². The lowest BCUT2D eigenvalue weighted by atomic mass is 10.1. The zero-order valence-corrected chi connectivity index (χ0v) is 14.3. The van der Waals surface area contributed by atoms with Gasteiger partial charge in [0.2, 0.25) is 5.91 Å². The summed E-state index contributed by atoms with van der Waals surface area (Å²) < 4.78 is 0. The molecule has 3 rings (SSSR count). The number of carbonyl (C=O) groups excluding carboxylic acids is 1. The highest BCUT2D eigenvalue weighted by Gasteiger charge is 2.05. The zero-order valence-electron chi connectivity index (χ0n) is 13.5. The Kier molecular flexibility index (Phi) is 5.34. The van der Waals surface area contributed by atoms with Crippen molar-refractivity contribution >= 4 is 23.4 Å². The normalized spacial score (nSPS) is 10.4. The van der Waals surface area contributed by atoms with Crippen LogP contribution < -0.4 is 5.32 Å². The average Bonchev–Trinajstić information content (AvgIpc) is 2.62. The maximum atomic E-state index is 12.1. The van der Waals surface area contributed by atoms with E-state index in [9.17, 15) is 4.79 Å². The fraction of sp³-hybridized carbons (Fsp3) is 0.0952. The van der Waals surface area contributed by atoms with Gasteiger partial charge >= 0.3 is 0 Å². The summed E-state index contributed by atoms with van der Waals surface area (Å²) in [6.45, 7) is 2.06. The smallest absolute Gasteiger partial charge is 0.234 e. The van der Waals surface area contributed by atoms with E-state index in [0.29, 0.717) is 5.75 Å². The van der Waals surface area contributed by atoms with Crippen LogP contribution in [0, 0.1) is 6.92 Å². The van der Waals surface area contributed by atoms with Crippen LogP contribution in [0.3, 0.4) is 0 Å². The van der Waals surface area contributed by atoms with E-state index in [1.807, 2.05) is 60.7 Å². The first-order valence-corrected chi connectivity index (χ1v) is 8.85. The topological polar surface area (TPSA) is 29.1 Å². The van der Waals surface area contributed by atoms with Crippen LogP contribution in [0.5, 0.6) is 0 Å². The molecule has 3 heteroatoms. The third kappa shape index (κ3) is 4.27. The van der Waals surface area contributed by atoms with Gasteiger partial charge in [-0.3, -0.25) is 4.79 Å². The molecule has 0 bridgehead atoms. The highest BCUT2D eigenvalue weighted by atomic mass is 32.2. The molecule has 0 radical (unpaired) electrons. The summed E-state index contributed by atoms with van der Waals surface area (Å²) in [4.78, 5) is 13.3. The molecular formula is C21H19NOS. The highest BCUT2D eigenvalue weighted by molar-refractivity contribution is 8.00. The van der Waals surface area contributed by atoms with Crippen molar-refractivity contribution in [3.8, 4) is 11.1 Å². The highest BCUT2D eigenvalue weighted by Crippen LogP contribution is 2.23. The van der Waals surface area contributed by atoms with Gasteiger partial charge < -0.3 is 5.32 Å². The second kappa shape index (κ2) is 7.84. The van der Waals surface area contributed by atoms with E-state index in [1.54, 1.807) is 11.8 Å². The lowest BCUT2D eigenvalue weighted by Gasteiger charge is -2.08. The summed E-state index contributed by atoms with van der Waals surface area (Å²) in [7, 11) is 0. The molecule has 0 aliphatic heterocycles. The Balaban J connectivity index is 1.58. The first-order valence-electron chi connectivity index (χ1n) is 7.86. The molecule has 0 heterocycles. The quantitative estimate of drug-likeness (QED) is 0.634. The number of benzene rings is 3. The maximum Gasteiger partial charge on any atom is 0.234 e. The van der Waals surface area contributed by atoms with Crippen molar-refractivity contribution in [1.29, 1.82) is 0 Å². The molecule has 0 spiro atoms. The molecule has 1 N–H and O–H groups in total. The van der Waals surface area contributed by atoms with E-state index < -0.39 is 0 Å². The number of rotatable bonds is 5. The first-order chi connectivity index (χ1) is 11.7. The van der Waals surface area contributed by atoms with Crippen LogP contribution in [0.2, 0.25) is 0 Å². The molecule has 0 aliphatic rings. The van der Waals surface area contributed by atoms with Gasteiger partial charge in [-0.05, 0) is 41.8 Å². The molecule has 0 atom stereocenters. The van der Waals surface area contributed by atoms with Crippen molar-refractivity contribution in [3.63, 3.8) is 0 Å². The molecule has 24 heavy (non-hydrogen) atoms. The number of hydrogen-bond donors (Lipinski definition) is 1. The summed E-state index contributed by atoms with van der Waals surface area (Å²) in [5.41, 5.74) is 4.33. The Labute approximate surface area is 146 Å². The molecule has 2 nitrogen and oxygen atoms in total. The van der Waals surface area contributed by atoms with Crippen molar-refractivity contribution in [1.82, 2.24) is 0 Å². The third-order valence-electron chi connectivity index (χ3n) is 3.73. The van der Waals surface area contributed by atoms with Crippen LogP contribution in [0.4, 0.5) is 5.69 Å². The molecule has 0 fully saturated rings. The number of nitrogens with one attached hydrogen (secondary N) is 1. The van der Waals surface area contributed by atoms with Gasteiger partial charge in [0.25, 0.3) is 0 Å². The summed E-state index contributed by atoms with van der Waals surface area (Å²) in [5, 5.41) is 2.95. The Morgan fingerprint density at radius 1 is 0.833 bits per heavy atom. The Morgan fingerprint density at radius 2 is 1.46 bits per heavy atom. The summed E-state index contributed by atoms with van der Waals surface area (Å²) >= 11 is 1.56. The van der Waals surface area contributed by atoms with Gasteiger partial charge in [-0.2, -0.15) is 0 Å². The largest absolute Gasteiger partial charge is 0.325 e. The monoisotopic (exact) mass is 333 g/mol. The predicted octanol–water partition coefficient (Wildman–Crippen LogP) is 5.39. The lowest BCUT2D eigenvalue weighted by molar-refractivity contribution is -0.113. The summed E-state index contributed by atoms with van der Waals surface area (Å²) in [5.74, 6) is 0.418. The SMILES string of the molecule is Cc1ccccc1SCC(=O)Nc1ccc(-c2ccccc2)cc1. The predicted molar refractivity (Wildman–Crippen MR) is 102 cm³/mol. The van der Waals surface area contributed by atoms with Crippen molar-refractivity contribution in [3.05, 3.63) is 84.4 Å². The molecule has 3 aromatic rings. The molecule has 0 aliphatic carbocycles. The number of carbonyl (C=O) groups is 1. The van der Waals surface area contributed by atoms with Crippen molar-refractivity contribution in [2.24, 2.45) is 0 Å². The minimum absolute atomic E-state index is 0.00992. The zero-order chi connectivity index (χ0) is 16.8. The van der Waals surface area contributed by atoms with Gasteiger partial charge in [0.05, 0.1) is 5.75 Å². The number of anilines is 1. The minimum Gasteiger partial charge on any atom is -0.325 e. The van der Waals surface area contributed by atoms with Crippen LogP contribution in [0.15, 0.2) is 83.8 Å². The van der Waals surface area contributed by atoms with E-state index >= 15 is 0 Å². The van der Waals surface area contributed by atoms with Crippen LogP contribution in [-0.4, -0.2) is 11.7 Å². The van der Waals surface area contributed by atoms with E-state index in [0.717, 1.165) is 16.1 Å². The second-order valence-corrected chi connectivity index (χ2v) is 6.56. The lowest BCUT2D eigenvalue weighted by Crippen LogP contribution is -2.13. The molecular weight excluding hydrogens is 314 g/mol. The number of hydrogen-bond acceptors (Lipinski definition) is 2. The number of thioether (sulfide) groups is 1. The van der Waals surface area contributed by atoms with Crippen LogP contribution in [0.1, 0.15) is 5.56 Å². The van der Waals surface area contributed by atoms with Crippen LogP contribution >= 0.6 is 11.8 Å². The fourth-order valence-electron chi connectivity index (χ4n) is 2.44. The van der Waals surface area contributed by atoms with Gasteiger partial charge in [-0.1, -0.05) is 60.7 Å². The van der Waals surface area contributed by atoms with E-state index in [4.69, 9.17) is 0 Å². The fourth-order valence-corrected chi connectivity index (χ4v) is 3.26. The van der Waals surface area contributed by atoms with Crippen molar-refractivity contribution < 1.29 is 4.79 Å². The van der Waals surface area contributed by atoms with E-state index in [2.05, 4.69) is 30.4 Å². The Hall–Kier alpha value is -2.52. The van der Waals surface area contributed by atoms with E-state index in [-0.39, 0.29) is 5.91 Å². The maximum absolute atomic E-state index is 12.1. The third-order valence-corrected chi connectivity index (χ3v) is 4.90. The van der Waals surface area contributed by atoms with Gasteiger partial charge in [-0.25, -0.2) is 0 Å². The summed E-state index contributed by atoms with van der Waals surface area (Å²) in [6, 6.07) is 26.2. The average molecular weight is 333 g/mol. The molecule has 0 saturated heterocycles. The standard InChI is InChI=1S/C21H19NOS/c1-16-7-5-6-10-20(16)24-15-21(23)22-19-13-11-18(12-14-19)17-8-3-2-4-9-17/h2-14H,15H2,1H3,(H,22,23). The molecule has 0 saturated carbocycles. The summed E-state index contributed by atoms with van der Waals surface area (Å²) in [6.07, 6.45) is 0. The molecule has 120 valence electrons. The van der Waals surface area contributed by atoms with Gasteiger partial charge in [0.15, 0.2) is 0 Å². The van der Waals surface area contributed by atoms with Gasteiger partial charge in [0, 0.05) is 10.6 Å². The Bertz CT molecular complexity index is 813. The van der Waals surface area contributed by atoms with Crippen LogP contribution in [0.25, 0.3) is 11.1 Å². The Morgan fingerprint density at radius 3 is 2.17 bits per heavy atom. The van der Waals surface area contributed by atoms with Gasteiger partial charge in [-0.15, -0.1) is 11.8 Å². The number of aryl methyl sites for hydroxylation is 1.